The van der Waals surface area contributed by atoms with Gasteiger partial charge in [-0.05, 0) is 23.8 Å². The van der Waals surface area contributed by atoms with Crippen molar-refractivity contribution in [3.63, 3.8) is 0 Å². The normalized spacial score (nSPS) is 9.85. The molecule has 0 saturated heterocycles. The number of esters is 1. The molecular formula is C14H9BrN2O3. The van der Waals surface area contributed by atoms with E-state index in [1.54, 1.807) is 24.3 Å². The molecule has 1 aromatic heterocycles. The van der Waals surface area contributed by atoms with Crippen molar-refractivity contribution in [3.05, 3.63) is 56.4 Å². The molecule has 1 heterocycles. The molecule has 0 amide bonds. The second kappa shape index (κ2) is 5.72. The molecule has 0 aliphatic carbocycles. The first-order valence-electron chi connectivity index (χ1n) is 5.58. The number of benzene rings is 1. The quantitative estimate of drug-likeness (QED) is 0.856. The summed E-state index contributed by atoms with van der Waals surface area (Å²) in [5.41, 5.74) is 0.410. The molecule has 0 saturated carbocycles. The number of hydrogen-bond acceptors (Lipinski definition) is 4. The Hall–Kier alpha value is -2.39. The standard InChI is InChI=1S/C14H9BrN2O3/c1-20-14(19)12-6-10(11(7-16)13(18)17-12)8-2-4-9(15)5-3-8/h2-6H,1H3,(H,17,18). The summed E-state index contributed by atoms with van der Waals surface area (Å²) in [5.74, 6) is -0.662. The third kappa shape index (κ3) is 2.63. The number of aromatic nitrogens is 1. The fraction of sp³-hybridized carbons (Fsp3) is 0.0714. The number of pyridine rings is 1. The van der Waals surface area contributed by atoms with E-state index in [2.05, 4.69) is 25.7 Å². The number of rotatable bonds is 2. The molecule has 0 aliphatic rings. The third-order valence-electron chi connectivity index (χ3n) is 2.71. The maximum absolute atomic E-state index is 11.9. The average molecular weight is 333 g/mol. The molecular weight excluding hydrogens is 324 g/mol. The van der Waals surface area contributed by atoms with Gasteiger partial charge in [-0.3, -0.25) is 4.79 Å². The molecule has 0 fully saturated rings. The van der Waals surface area contributed by atoms with Crippen LogP contribution in [0, 0.1) is 11.3 Å². The molecule has 0 atom stereocenters. The van der Waals surface area contributed by atoms with Gasteiger partial charge >= 0.3 is 5.97 Å². The maximum atomic E-state index is 11.9. The van der Waals surface area contributed by atoms with Crippen molar-refractivity contribution in [2.45, 2.75) is 0 Å². The van der Waals surface area contributed by atoms with Gasteiger partial charge in [-0.2, -0.15) is 5.26 Å². The van der Waals surface area contributed by atoms with Crippen LogP contribution < -0.4 is 5.56 Å². The molecule has 1 N–H and O–H groups in total. The fourth-order valence-electron chi connectivity index (χ4n) is 1.75. The van der Waals surface area contributed by atoms with Crippen LogP contribution in [-0.2, 0) is 4.74 Å². The van der Waals surface area contributed by atoms with Crippen molar-refractivity contribution in [1.29, 1.82) is 5.26 Å². The number of nitriles is 1. The van der Waals surface area contributed by atoms with Crippen molar-refractivity contribution in [2.24, 2.45) is 0 Å². The highest BCUT2D eigenvalue weighted by atomic mass is 79.9. The Labute approximate surface area is 122 Å². The van der Waals surface area contributed by atoms with Gasteiger partial charge in [-0.15, -0.1) is 0 Å². The van der Waals surface area contributed by atoms with Crippen LogP contribution >= 0.6 is 15.9 Å². The van der Waals surface area contributed by atoms with Gasteiger partial charge in [0.1, 0.15) is 17.3 Å². The number of methoxy groups -OCH3 is 1. The van der Waals surface area contributed by atoms with E-state index in [1.807, 2.05) is 6.07 Å². The van der Waals surface area contributed by atoms with E-state index in [0.29, 0.717) is 11.1 Å². The number of nitrogens with zero attached hydrogens (tertiary/aromatic N) is 1. The Balaban J connectivity index is 2.70. The van der Waals surface area contributed by atoms with E-state index in [1.165, 1.54) is 13.2 Å². The summed E-state index contributed by atoms with van der Waals surface area (Å²) in [5, 5.41) is 9.11. The number of nitrogens with one attached hydrogen (secondary N) is 1. The van der Waals surface area contributed by atoms with Crippen molar-refractivity contribution in [1.82, 2.24) is 4.98 Å². The number of carbonyl (C=O) groups excluding carboxylic acids is 1. The predicted molar refractivity (Wildman–Crippen MR) is 76.3 cm³/mol. The molecule has 0 unspecified atom stereocenters. The van der Waals surface area contributed by atoms with Crippen molar-refractivity contribution >= 4 is 21.9 Å². The SMILES string of the molecule is COC(=O)c1cc(-c2ccc(Br)cc2)c(C#N)c(=O)[nH]1. The van der Waals surface area contributed by atoms with Crippen LogP contribution in [0.25, 0.3) is 11.1 Å². The van der Waals surface area contributed by atoms with Gasteiger partial charge in [-0.25, -0.2) is 4.79 Å². The average Bonchev–Trinajstić information content (AvgIpc) is 2.46. The minimum atomic E-state index is -0.662. The van der Waals surface area contributed by atoms with Gasteiger partial charge in [0, 0.05) is 10.0 Å². The lowest BCUT2D eigenvalue weighted by Gasteiger charge is -2.06. The summed E-state index contributed by atoms with van der Waals surface area (Å²) in [6, 6.07) is 10.4. The minimum Gasteiger partial charge on any atom is -0.464 e. The van der Waals surface area contributed by atoms with Gasteiger partial charge in [0.15, 0.2) is 0 Å². The highest BCUT2D eigenvalue weighted by molar-refractivity contribution is 9.10. The number of ether oxygens (including phenoxy) is 1. The second-order valence-corrected chi connectivity index (χ2v) is 4.83. The molecule has 5 nitrogen and oxygen atoms in total. The molecule has 6 heteroatoms. The van der Waals surface area contributed by atoms with E-state index in [0.717, 1.165) is 4.47 Å². The van der Waals surface area contributed by atoms with Crippen LogP contribution in [-0.4, -0.2) is 18.1 Å². The first-order chi connectivity index (χ1) is 9.56. The van der Waals surface area contributed by atoms with Crippen LogP contribution in [0.5, 0.6) is 0 Å². The van der Waals surface area contributed by atoms with E-state index in [9.17, 15) is 9.59 Å². The van der Waals surface area contributed by atoms with E-state index in [-0.39, 0.29) is 11.3 Å². The van der Waals surface area contributed by atoms with Crippen molar-refractivity contribution in [2.75, 3.05) is 7.11 Å². The first kappa shape index (κ1) is 14.0. The zero-order chi connectivity index (χ0) is 14.7. The zero-order valence-electron chi connectivity index (χ0n) is 10.4. The summed E-state index contributed by atoms with van der Waals surface area (Å²) < 4.78 is 5.45. The van der Waals surface area contributed by atoms with Crippen molar-refractivity contribution in [3.8, 4) is 17.2 Å². The highest BCUT2D eigenvalue weighted by Gasteiger charge is 2.15. The number of hydrogen-bond donors (Lipinski definition) is 1. The van der Waals surface area contributed by atoms with Crippen LogP contribution in [0.2, 0.25) is 0 Å². The van der Waals surface area contributed by atoms with Gasteiger partial charge in [-0.1, -0.05) is 28.1 Å². The lowest BCUT2D eigenvalue weighted by molar-refractivity contribution is 0.0594. The molecule has 0 aliphatic heterocycles. The Morgan fingerprint density at radius 1 is 1.35 bits per heavy atom. The number of halogens is 1. The van der Waals surface area contributed by atoms with Gasteiger partial charge < -0.3 is 9.72 Å². The summed E-state index contributed by atoms with van der Waals surface area (Å²) in [4.78, 5) is 25.7. The van der Waals surface area contributed by atoms with E-state index in [4.69, 9.17) is 5.26 Å². The third-order valence-corrected chi connectivity index (χ3v) is 3.23. The molecule has 20 heavy (non-hydrogen) atoms. The van der Waals surface area contributed by atoms with Gasteiger partial charge in [0.2, 0.25) is 0 Å². The summed E-state index contributed by atoms with van der Waals surface area (Å²) in [7, 11) is 1.22. The Morgan fingerprint density at radius 2 is 2.00 bits per heavy atom. The smallest absolute Gasteiger partial charge is 0.354 e. The highest BCUT2D eigenvalue weighted by Crippen LogP contribution is 2.24. The number of carbonyl (C=O) groups is 1. The molecule has 0 spiro atoms. The first-order valence-corrected chi connectivity index (χ1v) is 6.37. The fourth-order valence-corrected chi connectivity index (χ4v) is 2.01. The summed E-state index contributed by atoms with van der Waals surface area (Å²) in [6.45, 7) is 0. The topological polar surface area (TPSA) is 82.9 Å². The zero-order valence-corrected chi connectivity index (χ0v) is 12.0. The van der Waals surface area contributed by atoms with E-state index >= 15 is 0 Å². The van der Waals surface area contributed by atoms with Gasteiger partial charge in [0.25, 0.3) is 5.56 Å². The molecule has 1 aromatic carbocycles. The van der Waals surface area contributed by atoms with E-state index < -0.39 is 11.5 Å². The Morgan fingerprint density at radius 3 is 2.55 bits per heavy atom. The second-order valence-electron chi connectivity index (χ2n) is 3.91. The predicted octanol–water partition coefficient (Wildman–Crippen LogP) is 2.46. The number of H-pyrrole nitrogens is 1. The van der Waals surface area contributed by atoms with Crippen molar-refractivity contribution < 1.29 is 9.53 Å². The lowest BCUT2D eigenvalue weighted by Crippen LogP contribution is -2.17. The Kier molecular flexibility index (Phi) is 4.01. The maximum Gasteiger partial charge on any atom is 0.354 e. The Bertz CT molecular complexity index is 757. The van der Waals surface area contributed by atoms with Crippen LogP contribution in [0.15, 0.2) is 39.6 Å². The lowest BCUT2D eigenvalue weighted by atomic mass is 10.0. The monoisotopic (exact) mass is 332 g/mol. The number of aromatic amines is 1. The molecule has 0 radical (unpaired) electrons. The minimum absolute atomic E-state index is 0.00872. The molecule has 2 aromatic rings. The van der Waals surface area contributed by atoms with Gasteiger partial charge in [0.05, 0.1) is 7.11 Å². The summed E-state index contributed by atoms with van der Waals surface area (Å²) >= 11 is 3.31. The molecule has 0 bridgehead atoms. The van der Waals surface area contributed by atoms with Crippen LogP contribution in [0.3, 0.4) is 0 Å². The summed E-state index contributed by atoms with van der Waals surface area (Å²) in [6.07, 6.45) is 0. The largest absolute Gasteiger partial charge is 0.464 e. The molecule has 100 valence electrons. The molecule has 2 rings (SSSR count). The van der Waals surface area contributed by atoms with Crippen LogP contribution in [0.1, 0.15) is 16.1 Å². The van der Waals surface area contributed by atoms with Crippen LogP contribution in [0.4, 0.5) is 0 Å².